The van der Waals surface area contributed by atoms with Crippen molar-refractivity contribution < 1.29 is 18.4 Å². The third kappa shape index (κ3) is 3.51. The Balaban J connectivity index is 1.50. The Hall–Kier alpha value is -1.98. The molecule has 2 fully saturated rings. The van der Waals surface area contributed by atoms with Crippen LogP contribution in [0.15, 0.2) is 18.2 Å². The molecule has 4 nitrogen and oxygen atoms in total. The second-order valence-electron chi connectivity index (χ2n) is 6.38. The van der Waals surface area contributed by atoms with Crippen molar-refractivity contribution >= 4 is 11.8 Å². The Morgan fingerprint density at radius 2 is 1.74 bits per heavy atom. The van der Waals surface area contributed by atoms with Crippen LogP contribution in [0.4, 0.5) is 8.78 Å². The van der Waals surface area contributed by atoms with Crippen molar-refractivity contribution in [2.45, 2.75) is 38.1 Å². The SMILES string of the molecule is O=C(NC1CCCCC1)C1CN(C(=O)c2ccc(F)c(F)c2)C1. The molecule has 1 aromatic rings. The molecule has 6 heteroatoms. The maximum Gasteiger partial charge on any atom is 0.254 e. The molecule has 124 valence electrons. The molecular formula is C17H20F2N2O2. The van der Waals surface area contributed by atoms with Gasteiger partial charge >= 0.3 is 0 Å². The van der Waals surface area contributed by atoms with E-state index in [9.17, 15) is 18.4 Å². The third-order valence-corrected chi connectivity index (χ3v) is 4.66. The van der Waals surface area contributed by atoms with Gasteiger partial charge in [0.25, 0.3) is 5.91 Å². The van der Waals surface area contributed by atoms with E-state index in [0.717, 1.165) is 37.8 Å². The summed E-state index contributed by atoms with van der Waals surface area (Å²) in [5, 5.41) is 3.05. The molecule has 1 saturated carbocycles. The van der Waals surface area contributed by atoms with Gasteiger partial charge in [-0.05, 0) is 31.0 Å². The van der Waals surface area contributed by atoms with Gasteiger partial charge in [-0.1, -0.05) is 19.3 Å². The topological polar surface area (TPSA) is 49.4 Å². The average molecular weight is 322 g/mol. The molecule has 0 unspecified atom stereocenters. The molecule has 2 aliphatic rings. The second-order valence-corrected chi connectivity index (χ2v) is 6.38. The van der Waals surface area contributed by atoms with Gasteiger partial charge < -0.3 is 10.2 Å². The van der Waals surface area contributed by atoms with E-state index in [4.69, 9.17) is 0 Å². The van der Waals surface area contributed by atoms with Gasteiger partial charge in [-0.15, -0.1) is 0 Å². The minimum atomic E-state index is -1.04. The Morgan fingerprint density at radius 1 is 1.04 bits per heavy atom. The standard InChI is InChI=1S/C17H20F2N2O2/c18-14-7-6-11(8-15(14)19)17(23)21-9-12(10-21)16(22)20-13-4-2-1-3-5-13/h6-8,12-13H,1-5,9-10H2,(H,20,22). The molecule has 1 aliphatic heterocycles. The number of halogens is 2. The maximum atomic E-state index is 13.2. The summed E-state index contributed by atoms with van der Waals surface area (Å²) in [7, 11) is 0. The predicted molar refractivity (Wildman–Crippen MR) is 80.8 cm³/mol. The van der Waals surface area contributed by atoms with Crippen LogP contribution in [0.2, 0.25) is 0 Å². The van der Waals surface area contributed by atoms with E-state index in [-0.39, 0.29) is 29.3 Å². The molecule has 0 atom stereocenters. The van der Waals surface area contributed by atoms with E-state index >= 15 is 0 Å². The number of benzene rings is 1. The molecule has 0 spiro atoms. The van der Waals surface area contributed by atoms with Crippen molar-refractivity contribution in [1.29, 1.82) is 0 Å². The van der Waals surface area contributed by atoms with Gasteiger partial charge in [0.1, 0.15) is 0 Å². The zero-order valence-electron chi connectivity index (χ0n) is 12.9. The molecular weight excluding hydrogens is 302 g/mol. The zero-order chi connectivity index (χ0) is 16.4. The molecule has 0 radical (unpaired) electrons. The minimum Gasteiger partial charge on any atom is -0.353 e. The number of carbonyl (C=O) groups is 2. The van der Waals surface area contributed by atoms with Gasteiger partial charge in [-0.2, -0.15) is 0 Å². The monoisotopic (exact) mass is 322 g/mol. The van der Waals surface area contributed by atoms with Crippen molar-refractivity contribution in [1.82, 2.24) is 10.2 Å². The summed E-state index contributed by atoms with van der Waals surface area (Å²) in [5.74, 6) is -2.60. The van der Waals surface area contributed by atoms with E-state index in [1.807, 2.05) is 0 Å². The molecule has 1 aromatic carbocycles. The number of rotatable bonds is 3. The first-order chi connectivity index (χ1) is 11.0. The Labute approximate surface area is 133 Å². The molecule has 0 bridgehead atoms. The number of likely N-dealkylation sites (tertiary alicyclic amines) is 1. The summed E-state index contributed by atoms with van der Waals surface area (Å²) in [6.45, 7) is 0.659. The molecule has 1 heterocycles. The quantitative estimate of drug-likeness (QED) is 0.929. The van der Waals surface area contributed by atoms with Gasteiger partial charge in [0.05, 0.1) is 5.92 Å². The van der Waals surface area contributed by atoms with E-state index in [1.54, 1.807) is 0 Å². The Kier molecular flexibility index (Phi) is 4.59. The lowest BCUT2D eigenvalue weighted by atomic mass is 9.93. The molecule has 1 aliphatic carbocycles. The number of nitrogens with zero attached hydrogens (tertiary/aromatic N) is 1. The highest BCUT2D eigenvalue weighted by Gasteiger charge is 2.36. The first kappa shape index (κ1) is 15.9. The van der Waals surface area contributed by atoms with Gasteiger partial charge in [0.2, 0.25) is 5.91 Å². The molecule has 0 aromatic heterocycles. The van der Waals surface area contributed by atoms with Gasteiger partial charge in [0.15, 0.2) is 11.6 Å². The summed E-state index contributed by atoms with van der Waals surface area (Å²) in [6, 6.07) is 3.35. The van der Waals surface area contributed by atoms with Crippen molar-refractivity contribution in [2.24, 2.45) is 5.92 Å². The van der Waals surface area contributed by atoms with Gasteiger partial charge in [-0.3, -0.25) is 9.59 Å². The van der Waals surface area contributed by atoms with E-state index in [2.05, 4.69) is 5.32 Å². The van der Waals surface area contributed by atoms with Gasteiger partial charge in [0, 0.05) is 24.7 Å². The van der Waals surface area contributed by atoms with Crippen LogP contribution in [0.5, 0.6) is 0 Å². The molecule has 3 rings (SSSR count). The first-order valence-corrected chi connectivity index (χ1v) is 8.09. The smallest absolute Gasteiger partial charge is 0.254 e. The van der Waals surface area contributed by atoms with Crippen LogP contribution in [-0.2, 0) is 4.79 Å². The maximum absolute atomic E-state index is 13.2. The molecule has 1 N–H and O–H groups in total. The number of hydrogen-bond donors (Lipinski definition) is 1. The molecule has 1 saturated heterocycles. The lowest BCUT2D eigenvalue weighted by Crippen LogP contribution is -2.57. The summed E-state index contributed by atoms with van der Waals surface area (Å²) in [6.07, 6.45) is 5.57. The first-order valence-electron chi connectivity index (χ1n) is 8.09. The van der Waals surface area contributed by atoms with Crippen LogP contribution in [0.1, 0.15) is 42.5 Å². The van der Waals surface area contributed by atoms with Gasteiger partial charge in [-0.25, -0.2) is 8.78 Å². The van der Waals surface area contributed by atoms with Crippen LogP contribution in [0, 0.1) is 17.6 Å². The van der Waals surface area contributed by atoms with Crippen molar-refractivity contribution in [3.63, 3.8) is 0 Å². The second kappa shape index (κ2) is 6.64. The lowest BCUT2D eigenvalue weighted by molar-refractivity contribution is -0.129. The summed E-state index contributed by atoms with van der Waals surface area (Å²) in [5.41, 5.74) is 0.107. The zero-order valence-corrected chi connectivity index (χ0v) is 12.9. The number of hydrogen-bond acceptors (Lipinski definition) is 2. The summed E-state index contributed by atoms with van der Waals surface area (Å²) < 4.78 is 26.1. The summed E-state index contributed by atoms with van der Waals surface area (Å²) >= 11 is 0. The lowest BCUT2D eigenvalue weighted by Gasteiger charge is -2.39. The Morgan fingerprint density at radius 3 is 2.39 bits per heavy atom. The fourth-order valence-corrected chi connectivity index (χ4v) is 3.19. The highest BCUT2D eigenvalue weighted by molar-refractivity contribution is 5.96. The molecule has 23 heavy (non-hydrogen) atoms. The number of nitrogens with one attached hydrogen (secondary N) is 1. The van der Waals surface area contributed by atoms with E-state index in [0.29, 0.717) is 13.1 Å². The minimum absolute atomic E-state index is 0.00811. The fourth-order valence-electron chi connectivity index (χ4n) is 3.19. The van der Waals surface area contributed by atoms with Crippen LogP contribution >= 0.6 is 0 Å². The summed E-state index contributed by atoms with van der Waals surface area (Å²) in [4.78, 5) is 25.8. The largest absolute Gasteiger partial charge is 0.353 e. The normalized spacial score (nSPS) is 19.3. The number of amides is 2. The van der Waals surface area contributed by atoms with Crippen molar-refractivity contribution in [2.75, 3.05) is 13.1 Å². The van der Waals surface area contributed by atoms with Crippen LogP contribution in [0.25, 0.3) is 0 Å². The fraction of sp³-hybridized carbons (Fsp3) is 0.529. The van der Waals surface area contributed by atoms with Crippen LogP contribution < -0.4 is 5.32 Å². The van der Waals surface area contributed by atoms with Crippen LogP contribution in [-0.4, -0.2) is 35.8 Å². The average Bonchev–Trinajstić information content (AvgIpc) is 2.49. The van der Waals surface area contributed by atoms with Crippen molar-refractivity contribution in [3.05, 3.63) is 35.4 Å². The van der Waals surface area contributed by atoms with Crippen molar-refractivity contribution in [3.8, 4) is 0 Å². The van der Waals surface area contributed by atoms with Crippen LogP contribution in [0.3, 0.4) is 0 Å². The predicted octanol–water partition coefficient (Wildman–Crippen LogP) is 2.49. The highest BCUT2D eigenvalue weighted by Crippen LogP contribution is 2.22. The van der Waals surface area contributed by atoms with E-state index in [1.165, 1.54) is 17.4 Å². The third-order valence-electron chi connectivity index (χ3n) is 4.66. The highest BCUT2D eigenvalue weighted by atomic mass is 19.2. The molecule has 2 amide bonds. The Bertz CT molecular complexity index is 609. The van der Waals surface area contributed by atoms with E-state index < -0.39 is 11.6 Å². The number of carbonyl (C=O) groups excluding carboxylic acids is 2.